The topological polar surface area (TPSA) is 49.6 Å². The predicted molar refractivity (Wildman–Crippen MR) is 65.9 cm³/mol. The Morgan fingerprint density at radius 1 is 1.56 bits per heavy atom. The third-order valence-corrected chi connectivity index (χ3v) is 3.51. The molecule has 5 heteroatoms. The van der Waals surface area contributed by atoms with Gasteiger partial charge in [-0.3, -0.25) is 4.40 Å². The number of nitrogens with zero attached hydrogens (tertiary/aromatic N) is 2. The molecule has 0 aliphatic heterocycles. The van der Waals surface area contributed by atoms with Gasteiger partial charge in [-0.05, 0) is 20.8 Å². The molecule has 0 bridgehead atoms. The van der Waals surface area contributed by atoms with E-state index in [1.165, 1.54) is 11.4 Å². The Kier molecular flexibility index (Phi) is 3.28. The number of aromatic nitrogens is 2. The van der Waals surface area contributed by atoms with Crippen molar-refractivity contribution in [3.05, 3.63) is 22.5 Å². The highest BCUT2D eigenvalue weighted by molar-refractivity contribution is 7.15. The number of imidazole rings is 1. The van der Waals surface area contributed by atoms with E-state index in [2.05, 4.69) is 27.0 Å². The van der Waals surface area contributed by atoms with Crippen molar-refractivity contribution in [3.63, 3.8) is 0 Å². The third-order valence-electron chi connectivity index (χ3n) is 2.56. The first-order valence-electron chi connectivity index (χ1n) is 5.40. The molecule has 2 rings (SSSR count). The van der Waals surface area contributed by atoms with Gasteiger partial charge in [0.15, 0.2) is 4.96 Å². The molecule has 2 aromatic rings. The van der Waals surface area contributed by atoms with Crippen LogP contribution in [0.5, 0.6) is 0 Å². The fraction of sp³-hybridized carbons (Fsp3) is 0.545. The summed E-state index contributed by atoms with van der Waals surface area (Å²) in [6.45, 7) is 7.24. The Morgan fingerprint density at radius 3 is 3.00 bits per heavy atom. The maximum atomic E-state index is 9.20. The summed E-state index contributed by atoms with van der Waals surface area (Å²) in [6, 6.07) is 0. The molecule has 0 aliphatic carbocycles. The molecule has 0 saturated heterocycles. The lowest BCUT2D eigenvalue weighted by Gasteiger charge is -2.07. The van der Waals surface area contributed by atoms with Crippen molar-refractivity contribution in [2.45, 2.75) is 33.4 Å². The molecule has 1 atom stereocenters. The van der Waals surface area contributed by atoms with Crippen molar-refractivity contribution in [2.24, 2.45) is 0 Å². The largest absolute Gasteiger partial charge is 0.392 e. The molecule has 0 amide bonds. The Hall–Kier alpha value is -0.910. The van der Waals surface area contributed by atoms with Crippen LogP contribution in [0.25, 0.3) is 4.96 Å². The lowest BCUT2D eigenvalue weighted by Crippen LogP contribution is -2.24. The van der Waals surface area contributed by atoms with E-state index in [1.54, 1.807) is 18.3 Å². The third kappa shape index (κ3) is 2.11. The number of aliphatic hydroxyl groups is 1. The molecule has 16 heavy (non-hydrogen) atoms. The summed E-state index contributed by atoms with van der Waals surface area (Å²) in [6.07, 6.45) is -0.313. The summed E-state index contributed by atoms with van der Waals surface area (Å²) in [5.74, 6) is 0. The monoisotopic (exact) mass is 239 g/mol. The summed E-state index contributed by atoms with van der Waals surface area (Å²) < 4.78 is 2.18. The predicted octanol–water partition coefficient (Wildman–Crippen LogP) is 1.48. The van der Waals surface area contributed by atoms with Crippen molar-refractivity contribution >= 4 is 16.3 Å². The summed E-state index contributed by atoms with van der Waals surface area (Å²) in [4.78, 5) is 5.56. The van der Waals surface area contributed by atoms with Gasteiger partial charge in [0.05, 0.1) is 17.5 Å². The van der Waals surface area contributed by atoms with Crippen LogP contribution in [0.2, 0.25) is 0 Å². The van der Waals surface area contributed by atoms with Crippen LogP contribution in [-0.4, -0.2) is 27.1 Å². The van der Waals surface area contributed by atoms with Gasteiger partial charge < -0.3 is 10.4 Å². The second-order valence-electron chi connectivity index (χ2n) is 4.12. The Bertz CT molecular complexity index is 487. The highest BCUT2D eigenvalue weighted by Gasteiger charge is 2.11. The van der Waals surface area contributed by atoms with Gasteiger partial charge in [-0.15, -0.1) is 11.3 Å². The Labute approximate surface area is 98.9 Å². The van der Waals surface area contributed by atoms with Crippen LogP contribution in [0.4, 0.5) is 0 Å². The molecule has 88 valence electrons. The van der Waals surface area contributed by atoms with Gasteiger partial charge in [-0.1, -0.05) is 0 Å². The van der Waals surface area contributed by atoms with Gasteiger partial charge in [0, 0.05) is 24.2 Å². The maximum Gasteiger partial charge on any atom is 0.194 e. The van der Waals surface area contributed by atoms with Crippen LogP contribution < -0.4 is 5.32 Å². The molecule has 1 unspecified atom stereocenters. The smallest absolute Gasteiger partial charge is 0.194 e. The second kappa shape index (κ2) is 4.53. The molecule has 0 spiro atoms. The van der Waals surface area contributed by atoms with Crippen LogP contribution in [0.15, 0.2) is 5.38 Å². The average Bonchev–Trinajstić information content (AvgIpc) is 2.69. The molecule has 4 nitrogen and oxygen atoms in total. The van der Waals surface area contributed by atoms with Crippen LogP contribution >= 0.6 is 11.3 Å². The second-order valence-corrected chi connectivity index (χ2v) is 4.96. The summed E-state index contributed by atoms with van der Waals surface area (Å²) in [7, 11) is 0. The number of rotatable bonds is 4. The first kappa shape index (κ1) is 11.6. The number of aryl methyl sites for hydroxylation is 2. The van der Waals surface area contributed by atoms with Crippen molar-refractivity contribution in [3.8, 4) is 0 Å². The van der Waals surface area contributed by atoms with E-state index in [-0.39, 0.29) is 6.10 Å². The molecular weight excluding hydrogens is 222 g/mol. The SMILES string of the molecule is Cc1nc2scc(C)n2c1CNCC(C)O. The highest BCUT2D eigenvalue weighted by Crippen LogP contribution is 2.20. The molecule has 0 aromatic carbocycles. The molecule has 0 radical (unpaired) electrons. The van der Waals surface area contributed by atoms with Gasteiger partial charge in [-0.2, -0.15) is 0 Å². The number of aliphatic hydroxyl groups excluding tert-OH is 1. The number of hydrogen-bond acceptors (Lipinski definition) is 4. The van der Waals surface area contributed by atoms with Crippen LogP contribution in [-0.2, 0) is 6.54 Å². The van der Waals surface area contributed by atoms with E-state index in [9.17, 15) is 5.11 Å². The van der Waals surface area contributed by atoms with Crippen molar-refractivity contribution in [1.29, 1.82) is 0 Å². The molecule has 2 N–H and O–H groups in total. The molecule has 2 heterocycles. The molecule has 0 fully saturated rings. The lowest BCUT2D eigenvalue weighted by molar-refractivity contribution is 0.190. The maximum absolute atomic E-state index is 9.20. The standard InChI is InChI=1S/C11H17N3OS/c1-7-6-16-11-13-9(3)10(14(7)11)5-12-4-8(2)15/h6,8,12,15H,4-5H2,1-3H3. The first-order chi connectivity index (χ1) is 7.59. The van der Waals surface area contributed by atoms with E-state index in [1.807, 2.05) is 6.92 Å². The molecule has 0 aliphatic rings. The Balaban J connectivity index is 2.21. The van der Waals surface area contributed by atoms with E-state index in [0.29, 0.717) is 6.54 Å². The lowest BCUT2D eigenvalue weighted by atomic mass is 10.3. The van der Waals surface area contributed by atoms with E-state index in [0.717, 1.165) is 17.2 Å². The number of thiazole rings is 1. The minimum atomic E-state index is -0.313. The van der Waals surface area contributed by atoms with Crippen LogP contribution in [0, 0.1) is 13.8 Å². The number of nitrogens with one attached hydrogen (secondary N) is 1. The zero-order chi connectivity index (χ0) is 11.7. The Morgan fingerprint density at radius 2 is 2.31 bits per heavy atom. The number of hydrogen-bond donors (Lipinski definition) is 2. The normalized spacial score (nSPS) is 13.5. The molecule has 0 saturated carbocycles. The van der Waals surface area contributed by atoms with E-state index >= 15 is 0 Å². The molecular formula is C11H17N3OS. The fourth-order valence-electron chi connectivity index (χ4n) is 1.78. The van der Waals surface area contributed by atoms with Gasteiger partial charge >= 0.3 is 0 Å². The van der Waals surface area contributed by atoms with Crippen LogP contribution in [0.3, 0.4) is 0 Å². The van der Waals surface area contributed by atoms with Crippen molar-refractivity contribution in [1.82, 2.24) is 14.7 Å². The highest BCUT2D eigenvalue weighted by atomic mass is 32.1. The minimum Gasteiger partial charge on any atom is -0.392 e. The quantitative estimate of drug-likeness (QED) is 0.849. The van der Waals surface area contributed by atoms with Gasteiger partial charge in [0.25, 0.3) is 0 Å². The molecule has 2 aromatic heterocycles. The van der Waals surface area contributed by atoms with Crippen molar-refractivity contribution < 1.29 is 5.11 Å². The van der Waals surface area contributed by atoms with E-state index in [4.69, 9.17) is 0 Å². The van der Waals surface area contributed by atoms with Crippen LogP contribution in [0.1, 0.15) is 24.0 Å². The zero-order valence-corrected chi connectivity index (χ0v) is 10.6. The minimum absolute atomic E-state index is 0.313. The van der Waals surface area contributed by atoms with E-state index < -0.39 is 0 Å². The number of fused-ring (bicyclic) bond motifs is 1. The fourth-order valence-corrected chi connectivity index (χ4v) is 2.71. The average molecular weight is 239 g/mol. The van der Waals surface area contributed by atoms with Gasteiger partial charge in [-0.25, -0.2) is 4.98 Å². The van der Waals surface area contributed by atoms with Crippen molar-refractivity contribution in [2.75, 3.05) is 6.54 Å². The summed E-state index contributed by atoms with van der Waals surface area (Å²) in [5.41, 5.74) is 3.47. The zero-order valence-electron chi connectivity index (χ0n) is 9.82. The summed E-state index contributed by atoms with van der Waals surface area (Å²) >= 11 is 1.66. The first-order valence-corrected chi connectivity index (χ1v) is 6.28. The van der Waals surface area contributed by atoms with Gasteiger partial charge in [0.2, 0.25) is 0 Å². The van der Waals surface area contributed by atoms with Gasteiger partial charge in [0.1, 0.15) is 0 Å². The summed E-state index contributed by atoms with van der Waals surface area (Å²) in [5, 5.41) is 14.5.